The maximum absolute atomic E-state index is 12.5. The Hall–Kier alpha value is -3.21. The van der Waals surface area contributed by atoms with E-state index in [0.29, 0.717) is 34.7 Å². The van der Waals surface area contributed by atoms with Gasteiger partial charge in [0.15, 0.2) is 10.8 Å². The summed E-state index contributed by atoms with van der Waals surface area (Å²) >= 11 is 1.58. The Bertz CT molecular complexity index is 1130. The number of nitrogens with one attached hydrogen (secondary N) is 2. The van der Waals surface area contributed by atoms with Crippen LogP contribution < -0.4 is 10.6 Å². The van der Waals surface area contributed by atoms with Crippen LogP contribution in [0.5, 0.6) is 0 Å². The van der Waals surface area contributed by atoms with E-state index in [0.717, 1.165) is 24.2 Å². The zero-order valence-electron chi connectivity index (χ0n) is 18.6. The second-order valence-electron chi connectivity index (χ2n) is 7.57. The number of anilines is 1. The Kier molecular flexibility index (Phi) is 7.62. The van der Waals surface area contributed by atoms with Gasteiger partial charge in [0, 0.05) is 35.5 Å². The molecule has 2 heterocycles. The van der Waals surface area contributed by atoms with Gasteiger partial charge in [-0.25, -0.2) is 14.6 Å². The van der Waals surface area contributed by atoms with Crippen molar-refractivity contribution in [2.24, 2.45) is 0 Å². The molecular formula is C21H27N7O3S. The first-order valence-corrected chi connectivity index (χ1v) is 11.4. The van der Waals surface area contributed by atoms with Crippen LogP contribution >= 0.6 is 11.8 Å². The van der Waals surface area contributed by atoms with Crippen molar-refractivity contribution in [1.29, 1.82) is 0 Å². The van der Waals surface area contributed by atoms with Crippen molar-refractivity contribution in [1.82, 2.24) is 25.1 Å². The van der Waals surface area contributed by atoms with Gasteiger partial charge in [-0.1, -0.05) is 38.6 Å². The summed E-state index contributed by atoms with van der Waals surface area (Å²) in [5.41, 5.74) is 1.38. The fourth-order valence-corrected chi connectivity index (χ4v) is 3.77. The Morgan fingerprint density at radius 2 is 2.06 bits per heavy atom. The standard InChI is InChI=1S/C21H27N7O3S/c1-5-8-22-18-16-12-24-27(19(16)26-21(25-18)32-13(2)3)10-9-23-20(29)15-7-6-14(4)17(11-15)28(30)31/h6-7,11-13H,5,8-10H2,1-4H3,(H,23,29)(H,22,25,26). The summed E-state index contributed by atoms with van der Waals surface area (Å²) in [5, 5.41) is 23.5. The molecule has 0 saturated carbocycles. The molecule has 0 spiro atoms. The number of benzene rings is 1. The minimum Gasteiger partial charge on any atom is -0.369 e. The van der Waals surface area contributed by atoms with Crippen molar-refractivity contribution in [3.63, 3.8) is 0 Å². The van der Waals surface area contributed by atoms with E-state index < -0.39 is 4.92 Å². The Morgan fingerprint density at radius 1 is 1.28 bits per heavy atom. The van der Waals surface area contributed by atoms with E-state index in [9.17, 15) is 14.9 Å². The zero-order valence-corrected chi connectivity index (χ0v) is 19.4. The van der Waals surface area contributed by atoms with E-state index in [1.807, 2.05) is 0 Å². The van der Waals surface area contributed by atoms with Crippen molar-refractivity contribution >= 4 is 40.2 Å². The molecule has 32 heavy (non-hydrogen) atoms. The number of hydrogen-bond donors (Lipinski definition) is 2. The molecule has 2 N–H and O–H groups in total. The van der Waals surface area contributed by atoms with Crippen LogP contribution in [-0.4, -0.2) is 48.9 Å². The maximum Gasteiger partial charge on any atom is 0.273 e. The number of rotatable bonds is 10. The van der Waals surface area contributed by atoms with E-state index in [2.05, 4.69) is 46.5 Å². The largest absolute Gasteiger partial charge is 0.369 e. The summed E-state index contributed by atoms with van der Waals surface area (Å²) < 4.78 is 1.73. The first-order chi connectivity index (χ1) is 15.3. The number of nitro groups is 1. The molecule has 0 saturated heterocycles. The van der Waals surface area contributed by atoms with Crippen LogP contribution in [0.15, 0.2) is 29.6 Å². The molecule has 0 unspecified atom stereocenters. The number of carbonyl (C=O) groups excluding carboxylic acids is 1. The summed E-state index contributed by atoms with van der Waals surface area (Å²) in [5.74, 6) is 0.378. The minimum atomic E-state index is -0.487. The normalized spacial score (nSPS) is 11.2. The lowest BCUT2D eigenvalue weighted by Crippen LogP contribution is -2.27. The van der Waals surface area contributed by atoms with Gasteiger partial charge in [-0.15, -0.1) is 0 Å². The third-order valence-corrected chi connectivity index (χ3v) is 5.50. The van der Waals surface area contributed by atoms with E-state index in [-0.39, 0.29) is 17.2 Å². The first-order valence-electron chi connectivity index (χ1n) is 10.5. The third-order valence-electron chi connectivity index (χ3n) is 4.64. The summed E-state index contributed by atoms with van der Waals surface area (Å²) in [6, 6.07) is 4.45. The Morgan fingerprint density at radius 3 is 2.75 bits per heavy atom. The third kappa shape index (κ3) is 5.52. The molecule has 0 bridgehead atoms. The van der Waals surface area contributed by atoms with E-state index >= 15 is 0 Å². The molecule has 1 aromatic carbocycles. The Labute approximate surface area is 190 Å². The molecule has 0 atom stereocenters. The second-order valence-corrected chi connectivity index (χ2v) is 9.11. The Balaban J connectivity index is 1.75. The molecule has 11 heteroatoms. The van der Waals surface area contributed by atoms with Crippen LogP contribution in [-0.2, 0) is 6.54 Å². The minimum absolute atomic E-state index is 0.0743. The number of carbonyl (C=O) groups is 1. The number of aromatic nitrogens is 4. The predicted octanol–water partition coefficient (Wildman–Crippen LogP) is 3.80. The zero-order chi connectivity index (χ0) is 23.3. The highest BCUT2D eigenvalue weighted by Crippen LogP contribution is 2.26. The number of fused-ring (bicyclic) bond motifs is 1. The van der Waals surface area contributed by atoms with Gasteiger partial charge in [0.05, 0.1) is 23.1 Å². The number of nitro benzene ring substituents is 1. The van der Waals surface area contributed by atoms with E-state index in [1.54, 1.807) is 41.7 Å². The van der Waals surface area contributed by atoms with Gasteiger partial charge in [-0.3, -0.25) is 14.9 Å². The second kappa shape index (κ2) is 10.4. The molecule has 0 radical (unpaired) electrons. The average molecular weight is 458 g/mol. The molecular weight excluding hydrogens is 430 g/mol. The van der Waals surface area contributed by atoms with E-state index in [1.165, 1.54) is 6.07 Å². The molecule has 1 amide bonds. The van der Waals surface area contributed by atoms with Gasteiger partial charge in [-0.05, 0) is 19.4 Å². The lowest BCUT2D eigenvalue weighted by molar-refractivity contribution is -0.385. The summed E-state index contributed by atoms with van der Waals surface area (Å²) in [6.07, 6.45) is 2.69. The summed E-state index contributed by atoms with van der Waals surface area (Å²) in [6.45, 7) is 9.38. The molecule has 3 rings (SSSR count). The van der Waals surface area contributed by atoms with Gasteiger partial charge >= 0.3 is 0 Å². The van der Waals surface area contributed by atoms with Crippen molar-refractivity contribution in [2.45, 2.75) is 51.1 Å². The number of aryl methyl sites for hydroxylation is 1. The van der Waals surface area contributed by atoms with Crippen LogP contribution in [0.1, 0.15) is 43.1 Å². The predicted molar refractivity (Wildman–Crippen MR) is 125 cm³/mol. The van der Waals surface area contributed by atoms with Gasteiger partial charge in [0.2, 0.25) is 0 Å². The van der Waals surface area contributed by atoms with Crippen molar-refractivity contribution in [2.75, 3.05) is 18.4 Å². The SMILES string of the molecule is CCCNc1nc(SC(C)C)nc2c1cnn2CCNC(=O)c1ccc(C)c([N+](=O)[O-])c1. The first kappa shape index (κ1) is 23.5. The van der Waals surface area contributed by atoms with Gasteiger partial charge in [-0.2, -0.15) is 5.10 Å². The number of amides is 1. The van der Waals surface area contributed by atoms with Crippen LogP contribution in [0.4, 0.5) is 11.5 Å². The van der Waals surface area contributed by atoms with Gasteiger partial charge in [0.1, 0.15) is 5.82 Å². The highest BCUT2D eigenvalue weighted by Gasteiger charge is 2.16. The smallest absolute Gasteiger partial charge is 0.273 e. The number of thioether (sulfide) groups is 1. The van der Waals surface area contributed by atoms with E-state index in [4.69, 9.17) is 0 Å². The van der Waals surface area contributed by atoms with Crippen LogP contribution in [0, 0.1) is 17.0 Å². The molecule has 2 aromatic heterocycles. The topological polar surface area (TPSA) is 128 Å². The molecule has 10 nitrogen and oxygen atoms in total. The lowest BCUT2D eigenvalue weighted by atomic mass is 10.1. The highest BCUT2D eigenvalue weighted by molar-refractivity contribution is 7.99. The summed E-state index contributed by atoms with van der Waals surface area (Å²) in [4.78, 5) is 32.4. The fourth-order valence-electron chi connectivity index (χ4n) is 3.07. The van der Waals surface area contributed by atoms with Crippen molar-refractivity contribution in [3.8, 4) is 0 Å². The quantitative estimate of drug-likeness (QED) is 0.204. The number of nitrogens with zero attached hydrogens (tertiary/aromatic N) is 5. The molecule has 0 aliphatic heterocycles. The maximum atomic E-state index is 12.5. The number of hydrogen-bond acceptors (Lipinski definition) is 8. The van der Waals surface area contributed by atoms with Crippen molar-refractivity contribution in [3.05, 3.63) is 45.6 Å². The van der Waals surface area contributed by atoms with Gasteiger partial charge in [0.25, 0.3) is 11.6 Å². The summed E-state index contributed by atoms with van der Waals surface area (Å²) in [7, 11) is 0. The lowest BCUT2D eigenvalue weighted by Gasteiger charge is -2.10. The monoisotopic (exact) mass is 457 g/mol. The highest BCUT2D eigenvalue weighted by atomic mass is 32.2. The molecule has 0 aliphatic rings. The molecule has 0 aliphatic carbocycles. The molecule has 170 valence electrons. The van der Waals surface area contributed by atoms with Crippen LogP contribution in [0.3, 0.4) is 0 Å². The molecule has 3 aromatic rings. The van der Waals surface area contributed by atoms with Gasteiger partial charge < -0.3 is 10.6 Å². The average Bonchev–Trinajstić information content (AvgIpc) is 3.14. The fraction of sp³-hybridized carbons (Fsp3) is 0.429. The van der Waals surface area contributed by atoms with Crippen LogP contribution in [0.25, 0.3) is 11.0 Å². The van der Waals surface area contributed by atoms with Crippen molar-refractivity contribution < 1.29 is 9.72 Å². The van der Waals surface area contributed by atoms with Crippen LogP contribution in [0.2, 0.25) is 0 Å². The molecule has 0 fully saturated rings.